The quantitative estimate of drug-likeness (QED) is 0.848. The molecule has 0 saturated heterocycles. The molecule has 1 aromatic carbocycles. The molecule has 1 N–H and O–H groups in total. The van der Waals surface area contributed by atoms with Gasteiger partial charge in [-0.15, -0.1) is 0 Å². The number of hydrogen-bond donors (Lipinski definition) is 1. The first-order chi connectivity index (χ1) is 9.00. The fourth-order valence-corrected chi connectivity index (χ4v) is 2.94. The molecule has 1 aromatic rings. The fraction of sp³-hybridized carbons (Fsp3) is 0.500. The minimum absolute atomic E-state index is 0.00769. The summed E-state index contributed by atoms with van der Waals surface area (Å²) >= 11 is 0. The van der Waals surface area contributed by atoms with Gasteiger partial charge in [-0.05, 0) is 38.3 Å². The average molecular weight is 260 g/mol. The van der Waals surface area contributed by atoms with Crippen molar-refractivity contribution in [2.75, 3.05) is 0 Å². The monoisotopic (exact) mass is 260 g/mol. The molecule has 0 amide bonds. The number of carboxylic acid groups (broad SMARTS) is 1. The van der Waals surface area contributed by atoms with Crippen LogP contribution in [0.15, 0.2) is 18.2 Å². The smallest absolute Gasteiger partial charge is 0.307 e. The van der Waals surface area contributed by atoms with E-state index in [0.29, 0.717) is 18.4 Å². The predicted octanol–water partition coefficient (Wildman–Crippen LogP) is 3.38. The normalized spacial score (nSPS) is 23.1. The number of carbonyl (C=O) groups excluding carboxylic acids is 1. The zero-order valence-corrected chi connectivity index (χ0v) is 11.5. The van der Waals surface area contributed by atoms with Gasteiger partial charge in [0.15, 0.2) is 5.78 Å². The van der Waals surface area contributed by atoms with E-state index in [9.17, 15) is 14.7 Å². The van der Waals surface area contributed by atoms with Gasteiger partial charge in [0.25, 0.3) is 0 Å². The van der Waals surface area contributed by atoms with E-state index < -0.39 is 11.9 Å². The number of aliphatic carboxylic acids is 1. The molecule has 19 heavy (non-hydrogen) atoms. The van der Waals surface area contributed by atoms with Crippen molar-refractivity contribution >= 4 is 11.8 Å². The highest BCUT2D eigenvalue weighted by Gasteiger charge is 2.36. The molecule has 0 unspecified atom stereocenters. The maximum absolute atomic E-state index is 12.6. The Kier molecular flexibility index (Phi) is 4.03. The molecule has 3 heteroatoms. The molecule has 2 atom stereocenters. The van der Waals surface area contributed by atoms with Crippen LogP contribution in [0, 0.1) is 25.7 Å². The van der Waals surface area contributed by atoms with Crippen LogP contribution in [0.4, 0.5) is 0 Å². The Morgan fingerprint density at radius 3 is 2.37 bits per heavy atom. The summed E-state index contributed by atoms with van der Waals surface area (Å²) in [7, 11) is 0. The van der Waals surface area contributed by atoms with Gasteiger partial charge < -0.3 is 5.11 Å². The second kappa shape index (κ2) is 5.55. The predicted molar refractivity (Wildman–Crippen MR) is 73.3 cm³/mol. The Morgan fingerprint density at radius 1 is 1.11 bits per heavy atom. The Bertz CT molecular complexity index is 505. The highest BCUT2D eigenvalue weighted by atomic mass is 16.4. The summed E-state index contributed by atoms with van der Waals surface area (Å²) in [6, 6.07) is 5.79. The zero-order valence-electron chi connectivity index (χ0n) is 11.5. The van der Waals surface area contributed by atoms with E-state index in [2.05, 4.69) is 0 Å². The van der Waals surface area contributed by atoms with Gasteiger partial charge in [0.2, 0.25) is 0 Å². The zero-order chi connectivity index (χ0) is 14.0. The summed E-state index contributed by atoms with van der Waals surface area (Å²) < 4.78 is 0. The van der Waals surface area contributed by atoms with Gasteiger partial charge >= 0.3 is 5.97 Å². The number of Topliss-reactive ketones (excluding diaryl/α,β-unsaturated/α-hetero) is 1. The maximum atomic E-state index is 12.6. The standard InChI is InChI=1S/C16H20O3/c1-10-7-8-11(2)14(9-10)15(17)12-5-3-4-6-13(12)16(18)19/h7-9,12-13H,3-6H2,1-2H3,(H,18,19)/t12-,13-/m1/s1. The number of aryl methyl sites for hydroxylation is 2. The largest absolute Gasteiger partial charge is 0.481 e. The Hall–Kier alpha value is -1.64. The number of benzene rings is 1. The first kappa shape index (κ1) is 13.8. The van der Waals surface area contributed by atoms with Gasteiger partial charge in [0.05, 0.1) is 5.92 Å². The van der Waals surface area contributed by atoms with Crippen LogP contribution in [0.2, 0.25) is 0 Å². The number of carboxylic acids is 1. The summed E-state index contributed by atoms with van der Waals surface area (Å²) in [4.78, 5) is 23.9. The third-order valence-corrected chi connectivity index (χ3v) is 4.08. The minimum Gasteiger partial charge on any atom is -0.481 e. The van der Waals surface area contributed by atoms with Crippen LogP contribution in [0.1, 0.15) is 47.2 Å². The third-order valence-electron chi connectivity index (χ3n) is 4.08. The van der Waals surface area contributed by atoms with Crippen LogP contribution in [0.5, 0.6) is 0 Å². The topological polar surface area (TPSA) is 54.4 Å². The van der Waals surface area contributed by atoms with Crippen LogP contribution in [-0.2, 0) is 4.79 Å². The third kappa shape index (κ3) is 2.86. The second-order valence-corrected chi connectivity index (χ2v) is 5.52. The summed E-state index contributed by atoms with van der Waals surface area (Å²) in [6.07, 6.45) is 3.18. The second-order valence-electron chi connectivity index (χ2n) is 5.52. The summed E-state index contributed by atoms with van der Waals surface area (Å²) in [6.45, 7) is 3.86. The lowest BCUT2D eigenvalue weighted by atomic mass is 9.75. The molecular weight excluding hydrogens is 240 g/mol. The lowest BCUT2D eigenvalue weighted by Crippen LogP contribution is -2.33. The highest BCUT2D eigenvalue weighted by molar-refractivity contribution is 6.01. The van der Waals surface area contributed by atoms with Crippen LogP contribution in [0.3, 0.4) is 0 Å². The molecular formula is C16H20O3. The van der Waals surface area contributed by atoms with E-state index in [1.165, 1.54) is 0 Å². The van der Waals surface area contributed by atoms with E-state index >= 15 is 0 Å². The molecule has 0 aromatic heterocycles. The van der Waals surface area contributed by atoms with Gasteiger partial charge in [-0.3, -0.25) is 9.59 Å². The van der Waals surface area contributed by atoms with Crippen LogP contribution in [-0.4, -0.2) is 16.9 Å². The van der Waals surface area contributed by atoms with E-state index in [1.54, 1.807) is 0 Å². The highest BCUT2D eigenvalue weighted by Crippen LogP contribution is 2.33. The van der Waals surface area contributed by atoms with Crippen molar-refractivity contribution < 1.29 is 14.7 Å². The molecule has 102 valence electrons. The molecule has 0 bridgehead atoms. The Labute approximate surface area is 113 Å². The molecule has 1 saturated carbocycles. The minimum atomic E-state index is -0.830. The van der Waals surface area contributed by atoms with Gasteiger partial charge in [-0.25, -0.2) is 0 Å². The van der Waals surface area contributed by atoms with Crippen molar-refractivity contribution in [3.05, 3.63) is 34.9 Å². The molecule has 2 rings (SSSR count). The first-order valence-electron chi connectivity index (χ1n) is 6.85. The van der Waals surface area contributed by atoms with Gasteiger partial charge in [0, 0.05) is 11.5 Å². The molecule has 1 aliphatic rings. The van der Waals surface area contributed by atoms with E-state index in [0.717, 1.165) is 24.0 Å². The molecule has 0 radical (unpaired) electrons. The number of ketones is 1. The van der Waals surface area contributed by atoms with Gasteiger partial charge in [0.1, 0.15) is 0 Å². The molecule has 0 heterocycles. The van der Waals surface area contributed by atoms with Gasteiger partial charge in [-0.2, -0.15) is 0 Å². The lowest BCUT2D eigenvalue weighted by molar-refractivity contribution is -0.144. The number of carbonyl (C=O) groups is 2. The van der Waals surface area contributed by atoms with Crippen LogP contribution in [0.25, 0.3) is 0 Å². The Morgan fingerprint density at radius 2 is 1.74 bits per heavy atom. The summed E-state index contributed by atoms with van der Waals surface area (Å²) in [5.41, 5.74) is 2.67. The molecule has 1 aliphatic carbocycles. The molecule has 0 aliphatic heterocycles. The van der Waals surface area contributed by atoms with Crippen molar-refractivity contribution in [2.24, 2.45) is 11.8 Å². The van der Waals surface area contributed by atoms with Crippen molar-refractivity contribution in [2.45, 2.75) is 39.5 Å². The Balaban J connectivity index is 2.31. The van der Waals surface area contributed by atoms with Crippen molar-refractivity contribution in [1.82, 2.24) is 0 Å². The molecule has 1 fully saturated rings. The summed E-state index contributed by atoms with van der Waals surface area (Å²) in [5.74, 6) is -1.69. The maximum Gasteiger partial charge on any atom is 0.307 e. The average Bonchev–Trinajstić information content (AvgIpc) is 2.40. The first-order valence-corrected chi connectivity index (χ1v) is 6.85. The SMILES string of the molecule is Cc1ccc(C)c(C(=O)[C@@H]2CCCC[C@H]2C(=O)O)c1. The number of hydrogen-bond acceptors (Lipinski definition) is 2. The van der Waals surface area contributed by atoms with Crippen molar-refractivity contribution in [3.63, 3.8) is 0 Å². The molecule has 3 nitrogen and oxygen atoms in total. The fourth-order valence-electron chi connectivity index (χ4n) is 2.94. The van der Waals surface area contributed by atoms with Crippen LogP contribution < -0.4 is 0 Å². The summed E-state index contributed by atoms with van der Waals surface area (Å²) in [5, 5.41) is 9.28. The lowest BCUT2D eigenvalue weighted by Gasteiger charge is -2.27. The number of rotatable bonds is 3. The van der Waals surface area contributed by atoms with E-state index in [-0.39, 0.29) is 11.7 Å². The van der Waals surface area contributed by atoms with Gasteiger partial charge in [-0.1, -0.05) is 30.5 Å². The van der Waals surface area contributed by atoms with E-state index in [4.69, 9.17) is 0 Å². The van der Waals surface area contributed by atoms with Crippen LogP contribution >= 0.6 is 0 Å². The van der Waals surface area contributed by atoms with Crippen molar-refractivity contribution in [3.8, 4) is 0 Å². The molecule has 0 spiro atoms. The van der Waals surface area contributed by atoms with E-state index in [1.807, 2.05) is 32.0 Å². The van der Waals surface area contributed by atoms with Crippen molar-refractivity contribution in [1.29, 1.82) is 0 Å².